The lowest BCUT2D eigenvalue weighted by molar-refractivity contribution is -0.139. The maximum Gasteiger partial charge on any atom is 0.324 e. The first kappa shape index (κ1) is 12.4. The Morgan fingerprint density at radius 3 is 2.23 bits per heavy atom. The van der Waals surface area contributed by atoms with Crippen molar-refractivity contribution >= 4 is 15.8 Å². The topological polar surface area (TPSA) is 80.7 Å². The van der Waals surface area contributed by atoms with Crippen LogP contribution < -0.4 is 0 Å². The van der Waals surface area contributed by atoms with Crippen LogP contribution in [0, 0.1) is 0 Å². The molecule has 0 saturated heterocycles. The van der Waals surface area contributed by atoms with Crippen LogP contribution >= 0.6 is 0 Å². The van der Waals surface area contributed by atoms with Crippen LogP contribution in [0.5, 0.6) is 0 Å². The van der Waals surface area contributed by atoms with Crippen molar-refractivity contribution in [3.8, 4) is 0 Å². The van der Waals surface area contributed by atoms with Gasteiger partial charge >= 0.3 is 5.97 Å². The molecule has 1 N–H and O–H groups in total. The van der Waals surface area contributed by atoms with E-state index in [4.69, 9.17) is 5.11 Å². The van der Waals surface area contributed by atoms with Crippen molar-refractivity contribution in [2.24, 2.45) is 0 Å². The van der Waals surface area contributed by atoms with Crippen molar-refractivity contribution < 1.29 is 23.1 Å². The van der Waals surface area contributed by atoms with Crippen molar-refractivity contribution in [3.63, 3.8) is 0 Å². The average Bonchev–Trinajstić information content (AvgIpc) is 2.00. The van der Waals surface area contributed by atoms with Crippen LogP contribution in [0.2, 0.25) is 0 Å². The SMILES string of the molecule is CCOCS(=O)(=O)C(C)(C)C(=O)O. The summed E-state index contributed by atoms with van der Waals surface area (Å²) in [6, 6.07) is 0. The molecule has 0 amide bonds. The van der Waals surface area contributed by atoms with Crippen LogP contribution in [0.3, 0.4) is 0 Å². The standard InChI is InChI=1S/C7H14O5S/c1-4-12-5-13(10,11)7(2,3)6(8)9/h4-5H2,1-3H3,(H,8,9). The molecule has 78 valence electrons. The Labute approximate surface area is 77.6 Å². The molecule has 0 radical (unpaired) electrons. The minimum Gasteiger partial charge on any atom is -0.480 e. The fraction of sp³-hybridized carbons (Fsp3) is 0.857. The number of rotatable bonds is 5. The number of ether oxygens (including phenoxy) is 1. The molecule has 0 rings (SSSR count). The lowest BCUT2D eigenvalue weighted by Crippen LogP contribution is -2.42. The third-order valence-electron chi connectivity index (χ3n) is 1.74. The molecule has 0 bridgehead atoms. The lowest BCUT2D eigenvalue weighted by atomic mass is 10.2. The van der Waals surface area contributed by atoms with Crippen molar-refractivity contribution in [2.45, 2.75) is 25.5 Å². The van der Waals surface area contributed by atoms with Crippen molar-refractivity contribution in [3.05, 3.63) is 0 Å². The van der Waals surface area contributed by atoms with E-state index in [9.17, 15) is 13.2 Å². The molecule has 0 spiro atoms. The van der Waals surface area contributed by atoms with Gasteiger partial charge in [-0.15, -0.1) is 0 Å². The highest BCUT2D eigenvalue weighted by atomic mass is 32.2. The number of hydrogen-bond donors (Lipinski definition) is 1. The van der Waals surface area contributed by atoms with Crippen LogP contribution in [0.25, 0.3) is 0 Å². The Morgan fingerprint density at radius 2 is 1.92 bits per heavy atom. The van der Waals surface area contributed by atoms with Crippen molar-refractivity contribution in [2.75, 3.05) is 12.5 Å². The normalized spacial score (nSPS) is 12.8. The Morgan fingerprint density at radius 1 is 1.46 bits per heavy atom. The second-order valence-corrected chi connectivity index (χ2v) is 5.53. The zero-order valence-electron chi connectivity index (χ0n) is 7.90. The molecule has 6 heteroatoms. The third kappa shape index (κ3) is 2.67. The molecule has 0 aliphatic rings. The van der Waals surface area contributed by atoms with Gasteiger partial charge in [-0.3, -0.25) is 4.79 Å². The molecule has 0 aromatic heterocycles. The molecule has 0 heterocycles. The van der Waals surface area contributed by atoms with Gasteiger partial charge in [0.2, 0.25) is 0 Å². The second-order valence-electron chi connectivity index (χ2n) is 3.04. The number of carbonyl (C=O) groups is 1. The fourth-order valence-electron chi connectivity index (χ4n) is 0.473. The van der Waals surface area contributed by atoms with Gasteiger partial charge in [0.25, 0.3) is 0 Å². The molecule has 0 atom stereocenters. The van der Waals surface area contributed by atoms with Gasteiger partial charge in [-0.05, 0) is 20.8 Å². The molecule has 13 heavy (non-hydrogen) atoms. The van der Waals surface area contributed by atoms with Crippen LogP contribution in [-0.4, -0.2) is 36.8 Å². The highest BCUT2D eigenvalue weighted by Crippen LogP contribution is 2.17. The third-order valence-corrected chi connectivity index (χ3v) is 3.94. The summed E-state index contributed by atoms with van der Waals surface area (Å²) in [5.74, 6) is -1.92. The first-order valence-corrected chi connectivity index (χ1v) is 5.44. The largest absolute Gasteiger partial charge is 0.480 e. The predicted molar refractivity (Wildman–Crippen MR) is 47.1 cm³/mol. The summed E-state index contributed by atoms with van der Waals surface area (Å²) in [7, 11) is -3.74. The molecule has 0 aliphatic heterocycles. The lowest BCUT2D eigenvalue weighted by Gasteiger charge is -2.19. The molecule has 0 fully saturated rings. The van der Waals surface area contributed by atoms with Gasteiger partial charge < -0.3 is 9.84 Å². The van der Waals surface area contributed by atoms with E-state index in [2.05, 4.69) is 4.74 Å². The zero-order valence-corrected chi connectivity index (χ0v) is 8.72. The minimum atomic E-state index is -3.74. The van der Waals surface area contributed by atoms with Gasteiger partial charge in [-0.25, -0.2) is 8.42 Å². The van der Waals surface area contributed by atoms with Gasteiger partial charge in [0.05, 0.1) is 0 Å². The first-order chi connectivity index (χ1) is 5.75. The van der Waals surface area contributed by atoms with E-state index in [1.807, 2.05) is 0 Å². The average molecular weight is 210 g/mol. The summed E-state index contributed by atoms with van der Waals surface area (Å²) in [6.45, 7) is 4.17. The fourth-order valence-corrected chi connectivity index (χ4v) is 1.42. The van der Waals surface area contributed by atoms with E-state index in [1.54, 1.807) is 6.92 Å². The van der Waals surface area contributed by atoms with Gasteiger partial charge in [0, 0.05) is 6.61 Å². The van der Waals surface area contributed by atoms with E-state index >= 15 is 0 Å². The molecule has 0 unspecified atom stereocenters. The molecule has 0 aromatic rings. The summed E-state index contributed by atoms with van der Waals surface area (Å²) < 4.78 is 25.6. The van der Waals surface area contributed by atoms with Crippen molar-refractivity contribution in [1.29, 1.82) is 0 Å². The highest BCUT2D eigenvalue weighted by molar-refractivity contribution is 7.93. The number of sulfone groups is 1. The summed E-state index contributed by atoms with van der Waals surface area (Å²) in [4.78, 5) is 10.6. The molecule has 5 nitrogen and oxygen atoms in total. The Balaban J connectivity index is 4.73. The maximum atomic E-state index is 11.3. The molecule has 0 aromatic carbocycles. The Kier molecular flexibility index (Phi) is 3.87. The number of carboxylic acids is 1. The number of aliphatic carboxylic acids is 1. The quantitative estimate of drug-likeness (QED) is 0.704. The highest BCUT2D eigenvalue weighted by Gasteiger charge is 2.41. The van der Waals surface area contributed by atoms with E-state index < -0.39 is 26.5 Å². The van der Waals surface area contributed by atoms with E-state index in [0.717, 1.165) is 13.8 Å². The monoisotopic (exact) mass is 210 g/mol. The van der Waals surface area contributed by atoms with E-state index in [1.165, 1.54) is 0 Å². The predicted octanol–water partition coefficient (Wildman–Crippen LogP) is 0.258. The molecule has 0 saturated carbocycles. The maximum absolute atomic E-state index is 11.3. The minimum absolute atomic E-state index is 0.245. The first-order valence-electron chi connectivity index (χ1n) is 3.79. The van der Waals surface area contributed by atoms with Crippen LogP contribution in [-0.2, 0) is 19.4 Å². The van der Waals surface area contributed by atoms with Gasteiger partial charge in [-0.1, -0.05) is 0 Å². The van der Waals surface area contributed by atoms with Crippen LogP contribution in [0.15, 0.2) is 0 Å². The van der Waals surface area contributed by atoms with Gasteiger partial charge in [0.1, 0.15) is 5.94 Å². The molecular formula is C7H14O5S. The van der Waals surface area contributed by atoms with E-state index in [0.29, 0.717) is 0 Å². The van der Waals surface area contributed by atoms with Gasteiger partial charge in [0.15, 0.2) is 14.6 Å². The van der Waals surface area contributed by atoms with Crippen LogP contribution in [0.4, 0.5) is 0 Å². The summed E-state index contributed by atoms with van der Waals surface area (Å²) in [6.07, 6.45) is 0. The van der Waals surface area contributed by atoms with Crippen molar-refractivity contribution in [1.82, 2.24) is 0 Å². The Bertz CT molecular complexity index is 277. The van der Waals surface area contributed by atoms with Crippen LogP contribution in [0.1, 0.15) is 20.8 Å². The molecular weight excluding hydrogens is 196 g/mol. The number of hydrogen-bond acceptors (Lipinski definition) is 4. The van der Waals surface area contributed by atoms with Gasteiger partial charge in [-0.2, -0.15) is 0 Å². The number of carboxylic acid groups (broad SMARTS) is 1. The zero-order chi connectivity index (χ0) is 10.7. The summed E-state index contributed by atoms with van der Waals surface area (Å²) in [5.41, 5.74) is 0. The summed E-state index contributed by atoms with van der Waals surface area (Å²) >= 11 is 0. The summed E-state index contributed by atoms with van der Waals surface area (Å²) in [5, 5.41) is 8.64. The van der Waals surface area contributed by atoms with E-state index in [-0.39, 0.29) is 6.61 Å². The Hall–Kier alpha value is -0.620. The second kappa shape index (κ2) is 4.06. The molecule has 0 aliphatic carbocycles. The smallest absolute Gasteiger partial charge is 0.324 e.